The molecule has 0 saturated carbocycles. The van der Waals surface area contributed by atoms with Crippen LogP contribution in [0, 0.1) is 0 Å². The summed E-state index contributed by atoms with van der Waals surface area (Å²) in [5.41, 5.74) is 3.90. The summed E-state index contributed by atoms with van der Waals surface area (Å²) in [5.74, 6) is 0.280. The van der Waals surface area contributed by atoms with Gasteiger partial charge in [0, 0.05) is 62.1 Å². The summed E-state index contributed by atoms with van der Waals surface area (Å²) in [5, 5.41) is 2.91. The highest BCUT2D eigenvalue weighted by Crippen LogP contribution is 2.27. The van der Waals surface area contributed by atoms with Gasteiger partial charge in [-0.05, 0) is 49.1 Å². The number of carbonyl (C=O) groups is 2. The number of amides is 2. The molecule has 2 aromatic heterocycles. The standard InChI is InChI=1S/C24H24N6O2/c1-29-15-17-5-6-18(13-19(17)23(29)32)27-22(31)20-14-26-24(30-11-3-2-4-12-30)28-21(20)16-7-9-25-10-8-16/h5-10,13-14H,2-4,11-12,15H2,1H3,(H,27,31). The Labute approximate surface area is 186 Å². The van der Waals surface area contributed by atoms with Crippen molar-refractivity contribution < 1.29 is 9.59 Å². The van der Waals surface area contributed by atoms with E-state index in [1.807, 2.05) is 24.3 Å². The summed E-state index contributed by atoms with van der Waals surface area (Å²) in [4.78, 5) is 42.7. The maximum absolute atomic E-state index is 13.2. The molecule has 1 saturated heterocycles. The zero-order valence-corrected chi connectivity index (χ0v) is 17.9. The zero-order valence-electron chi connectivity index (χ0n) is 17.9. The molecule has 2 amide bonds. The highest BCUT2D eigenvalue weighted by atomic mass is 16.2. The Morgan fingerprint density at radius 3 is 2.62 bits per heavy atom. The molecule has 2 aliphatic heterocycles. The number of pyridine rings is 1. The van der Waals surface area contributed by atoms with Gasteiger partial charge in [0.15, 0.2) is 0 Å². The van der Waals surface area contributed by atoms with Crippen molar-refractivity contribution in [2.75, 3.05) is 30.4 Å². The summed E-state index contributed by atoms with van der Waals surface area (Å²) in [7, 11) is 1.77. The number of hydrogen-bond acceptors (Lipinski definition) is 6. The number of carbonyl (C=O) groups excluding carboxylic acids is 2. The van der Waals surface area contributed by atoms with Crippen LogP contribution in [-0.4, -0.2) is 51.8 Å². The van der Waals surface area contributed by atoms with Crippen LogP contribution in [0.25, 0.3) is 11.3 Å². The van der Waals surface area contributed by atoms with Crippen LogP contribution in [0.15, 0.2) is 48.9 Å². The summed E-state index contributed by atoms with van der Waals surface area (Å²) in [6, 6.07) is 9.10. The van der Waals surface area contributed by atoms with E-state index in [4.69, 9.17) is 4.98 Å². The average Bonchev–Trinajstić information content (AvgIpc) is 3.13. The van der Waals surface area contributed by atoms with Crippen LogP contribution in [0.3, 0.4) is 0 Å². The van der Waals surface area contributed by atoms with E-state index >= 15 is 0 Å². The first kappa shape index (κ1) is 20.1. The van der Waals surface area contributed by atoms with E-state index in [2.05, 4.69) is 20.2 Å². The van der Waals surface area contributed by atoms with Crippen molar-refractivity contribution in [2.45, 2.75) is 25.8 Å². The largest absolute Gasteiger partial charge is 0.341 e. The molecule has 1 N–H and O–H groups in total. The molecule has 0 unspecified atom stereocenters. The van der Waals surface area contributed by atoms with E-state index in [-0.39, 0.29) is 11.8 Å². The Bertz CT molecular complexity index is 1170. The number of rotatable bonds is 4. The first-order chi connectivity index (χ1) is 15.6. The molecular weight excluding hydrogens is 404 g/mol. The molecule has 4 heterocycles. The van der Waals surface area contributed by atoms with Crippen LogP contribution >= 0.6 is 0 Å². The monoisotopic (exact) mass is 428 g/mol. The van der Waals surface area contributed by atoms with Gasteiger partial charge in [-0.15, -0.1) is 0 Å². The molecule has 32 heavy (non-hydrogen) atoms. The predicted molar refractivity (Wildman–Crippen MR) is 122 cm³/mol. The smallest absolute Gasteiger partial charge is 0.259 e. The topological polar surface area (TPSA) is 91.3 Å². The van der Waals surface area contributed by atoms with Crippen LogP contribution in [0.1, 0.15) is 45.5 Å². The summed E-state index contributed by atoms with van der Waals surface area (Å²) in [6.45, 7) is 2.41. The van der Waals surface area contributed by atoms with Gasteiger partial charge in [0.2, 0.25) is 5.95 Å². The van der Waals surface area contributed by atoms with Crippen molar-refractivity contribution >= 4 is 23.5 Å². The van der Waals surface area contributed by atoms with E-state index in [0.717, 1.165) is 37.1 Å². The molecule has 0 bridgehead atoms. The van der Waals surface area contributed by atoms with Gasteiger partial charge in [-0.1, -0.05) is 6.07 Å². The normalized spacial score (nSPS) is 15.6. The number of aromatic nitrogens is 3. The zero-order chi connectivity index (χ0) is 22.1. The van der Waals surface area contributed by atoms with Crippen molar-refractivity contribution in [3.8, 4) is 11.3 Å². The van der Waals surface area contributed by atoms with Crippen LogP contribution in [0.5, 0.6) is 0 Å². The Morgan fingerprint density at radius 1 is 1.06 bits per heavy atom. The van der Waals surface area contributed by atoms with Crippen LogP contribution in [-0.2, 0) is 6.54 Å². The first-order valence-corrected chi connectivity index (χ1v) is 10.8. The van der Waals surface area contributed by atoms with Crippen molar-refractivity contribution in [3.63, 3.8) is 0 Å². The maximum atomic E-state index is 13.2. The fourth-order valence-electron chi connectivity index (χ4n) is 4.24. The lowest BCUT2D eigenvalue weighted by Gasteiger charge is -2.27. The lowest BCUT2D eigenvalue weighted by molar-refractivity contribution is 0.0816. The number of nitrogens with one attached hydrogen (secondary N) is 1. The molecule has 1 aromatic carbocycles. The molecular formula is C24H24N6O2. The van der Waals surface area contributed by atoms with E-state index < -0.39 is 0 Å². The van der Waals surface area contributed by atoms with Gasteiger partial charge in [-0.25, -0.2) is 9.97 Å². The Morgan fingerprint density at radius 2 is 1.84 bits per heavy atom. The Kier molecular flexibility index (Phi) is 5.26. The van der Waals surface area contributed by atoms with E-state index in [9.17, 15) is 9.59 Å². The molecule has 0 radical (unpaired) electrons. The number of hydrogen-bond donors (Lipinski definition) is 1. The third kappa shape index (κ3) is 3.79. The second-order valence-corrected chi connectivity index (χ2v) is 8.20. The highest BCUT2D eigenvalue weighted by molar-refractivity contribution is 6.08. The minimum atomic E-state index is -0.319. The van der Waals surface area contributed by atoms with Gasteiger partial charge in [0.25, 0.3) is 11.8 Å². The fourth-order valence-corrected chi connectivity index (χ4v) is 4.24. The van der Waals surface area contributed by atoms with E-state index in [1.165, 1.54) is 6.42 Å². The molecule has 2 aliphatic rings. The molecule has 5 rings (SSSR count). The van der Waals surface area contributed by atoms with E-state index in [0.29, 0.717) is 35.0 Å². The number of nitrogens with zero attached hydrogens (tertiary/aromatic N) is 5. The van der Waals surface area contributed by atoms with Gasteiger partial charge in [0.05, 0.1) is 11.3 Å². The van der Waals surface area contributed by atoms with Gasteiger partial charge in [-0.2, -0.15) is 0 Å². The summed E-state index contributed by atoms with van der Waals surface area (Å²) >= 11 is 0. The lowest BCUT2D eigenvalue weighted by atomic mass is 10.1. The van der Waals surface area contributed by atoms with Crippen molar-refractivity contribution in [2.24, 2.45) is 0 Å². The van der Waals surface area contributed by atoms with E-state index in [1.54, 1.807) is 36.6 Å². The van der Waals surface area contributed by atoms with Crippen LogP contribution in [0.4, 0.5) is 11.6 Å². The number of fused-ring (bicyclic) bond motifs is 1. The molecule has 8 nitrogen and oxygen atoms in total. The van der Waals surface area contributed by atoms with Gasteiger partial charge < -0.3 is 15.1 Å². The highest BCUT2D eigenvalue weighted by Gasteiger charge is 2.25. The second-order valence-electron chi connectivity index (χ2n) is 8.20. The Balaban J connectivity index is 1.47. The van der Waals surface area contributed by atoms with Gasteiger partial charge in [-0.3, -0.25) is 14.6 Å². The maximum Gasteiger partial charge on any atom is 0.259 e. The quantitative estimate of drug-likeness (QED) is 0.685. The van der Waals surface area contributed by atoms with Gasteiger partial charge >= 0.3 is 0 Å². The Hall–Kier alpha value is -3.81. The molecule has 162 valence electrons. The third-order valence-corrected chi connectivity index (χ3v) is 5.97. The number of piperidine rings is 1. The first-order valence-electron chi connectivity index (χ1n) is 10.8. The molecule has 8 heteroatoms. The minimum absolute atomic E-state index is 0.0391. The summed E-state index contributed by atoms with van der Waals surface area (Å²) < 4.78 is 0. The predicted octanol–water partition coefficient (Wildman–Crippen LogP) is 3.37. The third-order valence-electron chi connectivity index (χ3n) is 5.97. The second kappa shape index (κ2) is 8.37. The molecule has 1 fully saturated rings. The number of anilines is 2. The lowest BCUT2D eigenvalue weighted by Crippen LogP contribution is -2.31. The SMILES string of the molecule is CN1Cc2ccc(NC(=O)c3cnc(N4CCCCC4)nc3-c3ccncc3)cc2C1=O. The molecule has 0 aliphatic carbocycles. The van der Waals surface area contributed by atoms with Crippen molar-refractivity contribution in [1.82, 2.24) is 19.9 Å². The van der Waals surface area contributed by atoms with Crippen molar-refractivity contribution in [1.29, 1.82) is 0 Å². The summed E-state index contributed by atoms with van der Waals surface area (Å²) in [6.07, 6.45) is 8.40. The molecule has 0 atom stereocenters. The fraction of sp³-hybridized carbons (Fsp3) is 0.292. The number of benzene rings is 1. The van der Waals surface area contributed by atoms with Crippen LogP contribution < -0.4 is 10.2 Å². The van der Waals surface area contributed by atoms with Gasteiger partial charge in [0.1, 0.15) is 0 Å². The molecule has 0 spiro atoms. The van der Waals surface area contributed by atoms with Crippen LogP contribution in [0.2, 0.25) is 0 Å². The average molecular weight is 428 g/mol. The van der Waals surface area contributed by atoms with Crippen molar-refractivity contribution in [3.05, 3.63) is 65.6 Å². The minimum Gasteiger partial charge on any atom is -0.341 e. The molecule has 3 aromatic rings.